The number of nitrogens with one attached hydrogen (secondary N) is 1. The summed E-state index contributed by atoms with van der Waals surface area (Å²) < 4.78 is 5.64. The van der Waals surface area contributed by atoms with Crippen LogP contribution in [0.4, 0.5) is 5.69 Å². The zero-order chi connectivity index (χ0) is 16.8. The van der Waals surface area contributed by atoms with Crippen LogP contribution in [0.15, 0.2) is 42.5 Å². The van der Waals surface area contributed by atoms with Gasteiger partial charge >= 0.3 is 0 Å². The molecule has 2 heteroatoms. The molecule has 0 amide bonds. The van der Waals surface area contributed by atoms with E-state index in [1.54, 1.807) is 7.11 Å². The monoisotopic (exact) mass is 319 g/mol. The van der Waals surface area contributed by atoms with E-state index in [0.29, 0.717) is 17.9 Å². The molecule has 0 saturated heterocycles. The predicted octanol–water partition coefficient (Wildman–Crippen LogP) is 5.45. The number of anilines is 1. The molecule has 0 aromatic heterocycles. The Bertz CT molecular complexity index is 798. The van der Waals surface area contributed by atoms with Crippen LogP contribution in [0.5, 0.6) is 5.75 Å². The molecule has 0 bridgehead atoms. The van der Waals surface area contributed by atoms with Gasteiger partial charge in [-0.25, -0.2) is 0 Å². The molecule has 1 aliphatic heterocycles. The summed E-state index contributed by atoms with van der Waals surface area (Å²) in [6.45, 7) is 6.66. The van der Waals surface area contributed by atoms with Crippen LogP contribution in [0.3, 0.4) is 0 Å². The third kappa shape index (κ3) is 2.24. The molecule has 24 heavy (non-hydrogen) atoms. The van der Waals surface area contributed by atoms with Crippen molar-refractivity contribution in [1.29, 1.82) is 0 Å². The van der Waals surface area contributed by atoms with Crippen LogP contribution in [-0.4, -0.2) is 7.11 Å². The van der Waals surface area contributed by atoms with Gasteiger partial charge in [-0.2, -0.15) is 0 Å². The number of rotatable bonds is 2. The van der Waals surface area contributed by atoms with Crippen molar-refractivity contribution in [2.45, 2.75) is 39.2 Å². The van der Waals surface area contributed by atoms with E-state index in [0.717, 1.165) is 17.9 Å². The Kier molecular flexibility index (Phi) is 3.64. The minimum atomic E-state index is 0.328. The summed E-state index contributed by atoms with van der Waals surface area (Å²) in [4.78, 5) is 0. The number of hydrogen-bond donors (Lipinski definition) is 1. The maximum absolute atomic E-state index is 5.64. The Morgan fingerprint density at radius 2 is 1.83 bits per heavy atom. The van der Waals surface area contributed by atoms with Crippen molar-refractivity contribution < 1.29 is 4.74 Å². The third-order valence-corrected chi connectivity index (χ3v) is 5.63. The average molecular weight is 319 g/mol. The lowest BCUT2D eigenvalue weighted by molar-refractivity contribution is 0.396. The van der Waals surface area contributed by atoms with E-state index in [2.05, 4.69) is 68.6 Å². The smallest absolute Gasteiger partial charge is 0.142 e. The Balaban J connectivity index is 1.87. The van der Waals surface area contributed by atoms with Crippen molar-refractivity contribution >= 4 is 5.69 Å². The summed E-state index contributed by atoms with van der Waals surface area (Å²) in [6, 6.07) is 11.3. The van der Waals surface area contributed by atoms with E-state index in [1.807, 2.05) is 0 Å². The van der Waals surface area contributed by atoms with Gasteiger partial charge in [-0.15, -0.1) is 0 Å². The van der Waals surface area contributed by atoms with E-state index in [1.165, 1.54) is 27.8 Å². The maximum atomic E-state index is 5.64. The summed E-state index contributed by atoms with van der Waals surface area (Å²) in [5.74, 6) is 1.99. The molecule has 1 aliphatic carbocycles. The van der Waals surface area contributed by atoms with Crippen LogP contribution in [0.25, 0.3) is 0 Å². The van der Waals surface area contributed by atoms with Gasteiger partial charge in [0.2, 0.25) is 0 Å². The number of ether oxygens (including phenoxy) is 1. The van der Waals surface area contributed by atoms with Crippen LogP contribution < -0.4 is 10.1 Å². The molecule has 0 spiro atoms. The number of aryl methyl sites for hydroxylation is 3. The first kappa shape index (κ1) is 15.3. The molecule has 2 nitrogen and oxygen atoms in total. The topological polar surface area (TPSA) is 21.3 Å². The molecule has 0 saturated carbocycles. The van der Waals surface area contributed by atoms with Crippen LogP contribution in [-0.2, 0) is 0 Å². The van der Waals surface area contributed by atoms with Gasteiger partial charge in [0.05, 0.1) is 18.8 Å². The van der Waals surface area contributed by atoms with E-state index < -0.39 is 0 Å². The Morgan fingerprint density at radius 1 is 1.08 bits per heavy atom. The highest BCUT2D eigenvalue weighted by molar-refractivity contribution is 5.68. The maximum Gasteiger partial charge on any atom is 0.142 e. The molecule has 0 radical (unpaired) electrons. The molecular weight excluding hydrogens is 294 g/mol. The van der Waals surface area contributed by atoms with E-state index >= 15 is 0 Å². The molecule has 2 aromatic carbocycles. The lowest BCUT2D eigenvalue weighted by atomic mass is 9.75. The van der Waals surface area contributed by atoms with E-state index in [9.17, 15) is 0 Å². The number of methoxy groups -OCH3 is 1. The van der Waals surface area contributed by atoms with Gasteiger partial charge in [-0.3, -0.25) is 0 Å². The highest BCUT2D eigenvalue weighted by Crippen LogP contribution is 2.52. The molecule has 3 atom stereocenters. The summed E-state index contributed by atoms with van der Waals surface area (Å²) >= 11 is 0. The SMILES string of the molecule is COc1cccc2c1NC(c1c(C)cc(C)cc1C)C1CC=CC21. The van der Waals surface area contributed by atoms with Crippen LogP contribution in [0.1, 0.15) is 46.2 Å². The fourth-order valence-corrected chi connectivity index (χ4v) is 4.73. The molecule has 2 aromatic rings. The van der Waals surface area contributed by atoms with Crippen molar-refractivity contribution in [1.82, 2.24) is 0 Å². The number of allylic oxidation sites excluding steroid dienone is 2. The van der Waals surface area contributed by atoms with Gasteiger partial charge in [0.15, 0.2) is 0 Å². The van der Waals surface area contributed by atoms with Gasteiger partial charge in [0.1, 0.15) is 5.75 Å². The first-order valence-corrected chi connectivity index (χ1v) is 8.78. The van der Waals surface area contributed by atoms with Crippen molar-refractivity contribution in [3.05, 3.63) is 70.3 Å². The van der Waals surface area contributed by atoms with Crippen molar-refractivity contribution in [3.8, 4) is 5.75 Å². The van der Waals surface area contributed by atoms with Gasteiger partial charge in [-0.1, -0.05) is 42.0 Å². The molecule has 0 fully saturated rings. The number of para-hydroxylation sites is 1. The predicted molar refractivity (Wildman–Crippen MR) is 100.0 cm³/mol. The minimum absolute atomic E-state index is 0.328. The Morgan fingerprint density at radius 3 is 2.54 bits per heavy atom. The second kappa shape index (κ2) is 5.70. The highest BCUT2D eigenvalue weighted by atomic mass is 16.5. The molecule has 124 valence electrons. The molecule has 1 heterocycles. The highest BCUT2D eigenvalue weighted by Gasteiger charge is 2.39. The van der Waals surface area contributed by atoms with Crippen LogP contribution in [0, 0.1) is 26.7 Å². The third-order valence-electron chi connectivity index (χ3n) is 5.63. The second-order valence-corrected chi connectivity index (χ2v) is 7.21. The van der Waals surface area contributed by atoms with Gasteiger partial charge < -0.3 is 10.1 Å². The fourth-order valence-electron chi connectivity index (χ4n) is 4.73. The number of hydrogen-bond acceptors (Lipinski definition) is 2. The van der Waals surface area contributed by atoms with Crippen LogP contribution in [0.2, 0.25) is 0 Å². The standard InChI is InChI=1S/C22H25NO/c1-13-11-14(2)20(15(3)12-13)22-18-8-5-7-16(18)17-9-6-10-19(24-4)21(17)23-22/h5-7,9-12,16,18,22-23H,8H2,1-4H3. The molecule has 4 rings (SSSR count). The zero-order valence-electron chi connectivity index (χ0n) is 14.9. The van der Waals surface area contributed by atoms with Crippen molar-refractivity contribution in [3.63, 3.8) is 0 Å². The van der Waals surface area contributed by atoms with Crippen molar-refractivity contribution in [2.24, 2.45) is 5.92 Å². The first-order valence-electron chi connectivity index (χ1n) is 8.78. The summed E-state index contributed by atoms with van der Waals surface area (Å²) in [7, 11) is 1.76. The summed E-state index contributed by atoms with van der Waals surface area (Å²) in [6.07, 6.45) is 5.86. The van der Waals surface area contributed by atoms with Crippen LogP contribution >= 0.6 is 0 Å². The largest absolute Gasteiger partial charge is 0.495 e. The number of fused-ring (bicyclic) bond motifs is 3. The van der Waals surface area contributed by atoms with Gasteiger partial charge in [0, 0.05) is 5.92 Å². The second-order valence-electron chi connectivity index (χ2n) is 7.21. The normalized spacial score (nSPS) is 24.2. The summed E-state index contributed by atoms with van der Waals surface area (Å²) in [5, 5.41) is 3.84. The quantitative estimate of drug-likeness (QED) is 0.743. The Hall–Kier alpha value is -2.22. The van der Waals surface area contributed by atoms with E-state index in [-0.39, 0.29) is 0 Å². The zero-order valence-corrected chi connectivity index (χ0v) is 14.9. The average Bonchev–Trinajstić information content (AvgIpc) is 3.03. The fraction of sp³-hybridized carbons (Fsp3) is 0.364. The minimum Gasteiger partial charge on any atom is -0.495 e. The summed E-state index contributed by atoms with van der Waals surface area (Å²) in [5.41, 5.74) is 8.09. The van der Waals surface area contributed by atoms with Gasteiger partial charge in [0.25, 0.3) is 0 Å². The first-order chi connectivity index (χ1) is 11.6. The molecule has 1 N–H and O–H groups in total. The van der Waals surface area contributed by atoms with Gasteiger partial charge in [-0.05, 0) is 61.4 Å². The Labute approximate surface area is 144 Å². The lowest BCUT2D eigenvalue weighted by Gasteiger charge is -2.39. The lowest BCUT2D eigenvalue weighted by Crippen LogP contribution is -2.30. The molecular formula is C22H25NO. The van der Waals surface area contributed by atoms with Crippen molar-refractivity contribution in [2.75, 3.05) is 12.4 Å². The molecule has 2 aliphatic rings. The van der Waals surface area contributed by atoms with E-state index in [4.69, 9.17) is 4.74 Å². The number of benzene rings is 2. The molecule has 3 unspecified atom stereocenters.